The molecule has 146 valence electrons. The number of aryl methyl sites for hydroxylation is 1. The summed E-state index contributed by atoms with van der Waals surface area (Å²) in [7, 11) is 4.64. The molecule has 0 saturated heterocycles. The molecule has 0 aliphatic heterocycles. The van der Waals surface area contributed by atoms with Crippen LogP contribution in [0.2, 0.25) is 0 Å². The van der Waals surface area contributed by atoms with E-state index in [0.29, 0.717) is 23.7 Å². The van der Waals surface area contributed by atoms with Crippen LogP contribution in [-0.2, 0) is 11.2 Å². The Morgan fingerprint density at radius 3 is 2.00 bits per heavy atom. The van der Waals surface area contributed by atoms with Crippen molar-refractivity contribution in [3.63, 3.8) is 0 Å². The fourth-order valence-electron chi connectivity index (χ4n) is 3.34. The average Bonchev–Trinajstić information content (AvgIpc) is 2.64. The van der Waals surface area contributed by atoms with Crippen LogP contribution >= 0.6 is 0 Å². The lowest BCUT2D eigenvalue weighted by Gasteiger charge is -2.21. The summed E-state index contributed by atoms with van der Waals surface area (Å²) in [5, 5.41) is 9.95. The molecule has 0 bridgehead atoms. The third kappa shape index (κ3) is 4.54. The van der Waals surface area contributed by atoms with E-state index in [1.165, 1.54) is 0 Å². The Balaban J connectivity index is 2.53. The fraction of sp³-hybridized carbons (Fsp3) is 0.409. The minimum absolute atomic E-state index is 0.238. The first-order valence-corrected chi connectivity index (χ1v) is 8.94. The van der Waals surface area contributed by atoms with Gasteiger partial charge in [0.15, 0.2) is 11.5 Å². The van der Waals surface area contributed by atoms with Crippen molar-refractivity contribution in [2.24, 2.45) is 0 Å². The van der Waals surface area contributed by atoms with Crippen LogP contribution in [0.3, 0.4) is 0 Å². The minimum Gasteiger partial charge on any atom is -0.493 e. The maximum absolute atomic E-state index is 12.1. The minimum atomic E-state index is -0.851. The molecule has 1 N–H and O–H groups in total. The van der Waals surface area contributed by atoms with Crippen LogP contribution in [0.5, 0.6) is 17.2 Å². The number of carbonyl (C=O) groups is 1. The topological polar surface area (TPSA) is 65.0 Å². The SMILES string of the molecule is COc1cc(CC(C(=O)O)c2cc(C)ccc2C(C)C)cc(OC)c1OC. The van der Waals surface area contributed by atoms with E-state index in [4.69, 9.17) is 14.2 Å². The summed E-state index contributed by atoms with van der Waals surface area (Å²) in [4.78, 5) is 12.1. The standard InChI is InChI=1S/C22H28O5/c1-13(2)16-8-7-14(3)9-17(16)18(22(23)24)10-15-11-19(25-4)21(27-6)20(12-15)26-5/h7-9,11-13,18H,10H2,1-6H3,(H,23,24). The summed E-state index contributed by atoms with van der Waals surface area (Å²) < 4.78 is 16.1. The van der Waals surface area contributed by atoms with Crippen molar-refractivity contribution in [3.8, 4) is 17.2 Å². The fourth-order valence-corrected chi connectivity index (χ4v) is 3.34. The van der Waals surface area contributed by atoms with Gasteiger partial charge in [0, 0.05) is 0 Å². The van der Waals surface area contributed by atoms with Crippen molar-refractivity contribution in [3.05, 3.63) is 52.6 Å². The van der Waals surface area contributed by atoms with Gasteiger partial charge in [-0.3, -0.25) is 4.79 Å². The zero-order valence-electron chi connectivity index (χ0n) is 16.8. The Labute approximate surface area is 160 Å². The number of hydrogen-bond donors (Lipinski definition) is 1. The Morgan fingerprint density at radius 2 is 1.56 bits per heavy atom. The third-order valence-electron chi connectivity index (χ3n) is 4.70. The Hall–Kier alpha value is -2.69. The van der Waals surface area contributed by atoms with Crippen molar-refractivity contribution in [2.45, 2.75) is 39.0 Å². The number of carboxylic acids is 1. The largest absolute Gasteiger partial charge is 0.493 e. The molecule has 1 atom stereocenters. The Kier molecular flexibility index (Phi) is 6.72. The van der Waals surface area contributed by atoms with E-state index >= 15 is 0 Å². The number of ether oxygens (including phenoxy) is 3. The van der Waals surface area contributed by atoms with Crippen LogP contribution in [0.1, 0.15) is 47.9 Å². The van der Waals surface area contributed by atoms with Crippen molar-refractivity contribution in [2.75, 3.05) is 21.3 Å². The van der Waals surface area contributed by atoms with Gasteiger partial charge >= 0.3 is 5.97 Å². The summed E-state index contributed by atoms with van der Waals surface area (Å²) in [5.74, 6) is 0.256. The molecule has 2 aromatic rings. The van der Waals surface area contributed by atoms with Crippen LogP contribution in [0.25, 0.3) is 0 Å². The van der Waals surface area contributed by atoms with Gasteiger partial charge in [0.25, 0.3) is 0 Å². The lowest BCUT2D eigenvalue weighted by molar-refractivity contribution is -0.138. The predicted octanol–water partition coefficient (Wildman–Crippen LogP) is 4.56. The highest BCUT2D eigenvalue weighted by Gasteiger charge is 2.25. The zero-order valence-corrected chi connectivity index (χ0v) is 16.8. The van der Waals surface area contributed by atoms with Gasteiger partial charge in [-0.25, -0.2) is 0 Å². The predicted molar refractivity (Wildman–Crippen MR) is 105 cm³/mol. The Morgan fingerprint density at radius 1 is 0.963 bits per heavy atom. The molecule has 0 radical (unpaired) electrons. The highest BCUT2D eigenvalue weighted by molar-refractivity contribution is 5.77. The van der Waals surface area contributed by atoms with E-state index in [1.807, 2.05) is 37.3 Å². The number of hydrogen-bond acceptors (Lipinski definition) is 4. The number of benzene rings is 2. The third-order valence-corrected chi connectivity index (χ3v) is 4.70. The van der Waals surface area contributed by atoms with Gasteiger partial charge in [-0.05, 0) is 48.1 Å². The number of methoxy groups -OCH3 is 3. The molecule has 0 heterocycles. The Bertz CT molecular complexity index is 785. The van der Waals surface area contributed by atoms with Crippen LogP contribution < -0.4 is 14.2 Å². The van der Waals surface area contributed by atoms with Crippen LogP contribution in [0.15, 0.2) is 30.3 Å². The maximum Gasteiger partial charge on any atom is 0.311 e. The van der Waals surface area contributed by atoms with E-state index in [1.54, 1.807) is 21.3 Å². The summed E-state index contributed by atoms with van der Waals surface area (Å²) in [5.41, 5.74) is 3.77. The normalized spacial score (nSPS) is 12.0. The van der Waals surface area contributed by atoms with Gasteiger partial charge in [0.05, 0.1) is 27.2 Å². The zero-order chi connectivity index (χ0) is 20.1. The van der Waals surface area contributed by atoms with E-state index in [9.17, 15) is 9.90 Å². The second-order valence-corrected chi connectivity index (χ2v) is 6.92. The molecule has 5 heteroatoms. The second kappa shape index (κ2) is 8.80. The molecule has 0 aliphatic rings. The lowest BCUT2D eigenvalue weighted by atomic mass is 9.84. The first kappa shape index (κ1) is 20.6. The molecule has 0 fully saturated rings. The molecule has 0 spiro atoms. The molecule has 0 aromatic heterocycles. The lowest BCUT2D eigenvalue weighted by Crippen LogP contribution is -2.17. The van der Waals surface area contributed by atoms with E-state index in [2.05, 4.69) is 13.8 Å². The molecule has 2 rings (SSSR count). The van der Waals surface area contributed by atoms with Crippen LogP contribution in [0.4, 0.5) is 0 Å². The summed E-state index contributed by atoms with van der Waals surface area (Å²) in [6, 6.07) is 9.65. The number of aliphatic carboxylic acids is 1. The van der Waals surface area contributed by atoms with Gasteiger partial charge in [-0.15, -0.1) is 0 Å². The number of rotatable bonds is 8. The summed E-state index contributed by atoms with van der Waals surface area (Å²) >= 11 is 0. The van der Waals surface area contributed by atoms with Gasteiger partial charge in [-0.2, -0.15) is 0 Å². The summed E-state index contributed by atoms with van der Waals surface area (Å²) in [6.45, 7) is 6.13. The maximum atomic E-state index is 12.1. The molecule has 27 heavy (non-hydrogen) atoms. The van der Waals surface area contributed by atoms with Crippen molar-refractivity contribution in [1.29, 1.82) is 0 Å². The highest BCUT2D eigenvalue weighted by atomic mass is 16.5. The molecule has 0 aliphatic carbocycles. The smallest absolute Gasteiger partial charge is 0.311 e. The summed E-state index contributed by atoms with van der Waals surface area (Å²) in [6.07, 6.45) is 0.329. The molecular weight excluding hydrogens is 344 g/mol. The van der Waals surface area contributed by atoms with E-state index in [-0.39, 0.29) is 5.92 Å². The van der Waals surface area contributed by atoms with Gasteiger partial charge < -0.3 is 19.3 Å². The first-order chi connectivity index (χ1) is 12.8. The van der Waals surface area contributed by atoms with Gasteiger partial charge in [0.1, 0.15) is 0 Å². The van der Waals surface area contributed by atoms with E-state index in [0.717, 1.165) is 22.3 Å². The monoisotopic (exact) mass is 372 g/mol. The van der Waals surface area contributed by atoms with Gasteiger partial charge in [0.2, 0.25) is 5.75 Å². The van der Waals surface area contributed by atoms with Crippen LogP contribution in [-0.4, -0.2) is 32.4 Å². The molecule has 0 amide bonds. The molecule has 2 aromatic carbocycles. The first-order valence-electron chi connectivity index (χ1n) is 8.94. The van der Waals surface area contributed by atoms with Crippen molar-refractivity contribution >= 4 is 5.97 Å². The second-order valence-electron chi connectivity index (χ2n) is 6.92. The van der Waals surface area contributed by atoms with E-state index < -0.39 is 11.9 Å². The van der Waals surface area contributed by atoms with Crippen molar-refractivity contribution < 1.29 is 24.1 Å². The molecular formula is C22H28O5. The van der Waals surface area contributed by atoms with Crippen molar-refractivity contribution in [1.82, 2.24) is 0 Å². The van der Waals surface area contributed by atoms with Gasteiger partial charge in [-0.1, -0.05) is 37.6 Å². The molecule has 1 unspecified atom stereocenters. The molecule has 0 saturated carbocycles. The average molecular weight is 372 g/mol. The van der Waals surface area contributed by atoms with Crippen LogP contribution in [0, 0.1) is 6.92 Å². The molecule has 5 nitrogen and oxygen atoms in total. The highest BCUT2D eigenvalue weighted by Crippen LogP contribution is 2.40. The quantitative estimate of drug-likeness (QED) is 0.736. The number of carboxylic acid groups (broad SMARTS) is 1.